The molecule has 0 bridgehead atoms. The number of nitrogens with one attached hydrogen (secondary N) is 2. The van der Waals surface area contributed by atoms with Crippen molar-refractivity contribution in [2.75, 3.05) is 19.6 Å². The molecule has 3 rings (SSSR count). The number of piperazine rings is 1. The summed E-state index contributed by atoms with van der Waals surface area (Å²) in [6.07, 6.45) is 9.46. The lowest BCUT2D eigenvalue weighted by Crippen LogP contribution is -2.54. The van der Waals surface area contributed by atoms with Crippen LogP contribution in [0, 0.1) is 11.8 Å². The lowest BCUT2D eigenvalue weighted by atomic mass is 9.84. The first-order valence-corrected chi connectivity index (χ1v) is 9.94. The topological polar surface area (TPSA) is 61.4 Å². The minimum atomic E-state index is 0. The van der Waals surface area contributed by atoms with E-state index < -0.39 is 0 Å². The molecule has 0 aromatic carbocycles. The molecule has 0 aromatic rings. The predicted octanol–water partition coefficient (Wildman–Crippen LogP) is 2.48. The van der Waals surface area contributed by atoms with Crippen LogP contribution in [0.2, 0.25) is 0 Å². The number of rotatable bonds is 4. The Morgan fingerprint density at radius 1 is 1.08 bits per heavy atom. The van der Waals surface area contributed by atoms with Crippen LogP contribution in [0.15, 0.2) is 0 Å². The van der Waals surface area contributed by atoms with Crippen molar-refractivity contribution < 1.29 is 9.59 Å². The molecule has 0 radical (unpaired) electrons. The molecule has 0 spiro atoms. The summed E-state index contributed by atoms with van der Waals surface area (Å²) in [5.41, 5.74) is 0. The van der Waals surface area contributed by atoms with E-state index >= 15 is 0 Å². The molecule has 3 aliphatic rings. The highest BCUT2D eigenvalue weighted by molar-refractivity contribution is 5.85. The van der Waals surface area contributed by atoms with E-state index in [0.717, 1.165) is 45.3 Å². The van der Waals surface area contributed by atoms with E-state index in [4.69, 9.17) is 0 Å². The number of amides is 2. The number of hydrogen-bond donors (Lipinski definition) is 2. The number of halogens is 1. The molecule has 1 heterocycles. The zero-order chi connectivity index (χ0) is 16.9. The highest BCUT2D eigenvalue weighted by Crippen LogP contribution is 2.29. The van der Waals surface area contributed by atoms with Crippen LogP contribution >= 0.6 is 12.4 Å². The Morgan fingerprint density at radius 2 is 1.76 bits per heavy atom. The fraction of sp³-hybridized carbons (Fsp3) is 0.895. The van der Waals surface area contributed by atoms with E-state index in [1.54, 1.807) is 0 Å². The smallest absolute Gasteiger partial charge is 0.226 e. The van der Waals surface area contributed by atoms with E-state index in [9.17, 15) is 9.59 Å². The second-order valence-electron chi connectivity index (χ2n) is 8.06. The van der Waals surface area contributed by atoms with Crippen molar-refractivity contribution in [3.8, 4) is 0 Å². The van der Waals surface area contributed by atoms with Gasteiger partial charge >= 0.3 is 0 Å². The SMILES string of the molecule is C[C@@H]1CNCCN1C(=O)C1CCC(NC(=O)CC2CCCC2)CC1.Cl. The molecule has 0 unspecified atom stereocenters. The standard InChI is InChI=1S/C19H33N3O2.ClH/c1-14-13-20-10-11-22(14)19(24)16-6-8-17(9-7-16)21-18(23)12-15-4-2-3-5-15;/h14-17,20H,2-13H2,1H3,(H,21,23);1H/t14-,16?,17?;/m1./s1. The molecule has 6 heteroatoms. The number of hydrogen-bond acceptors (Lipinski definition) is 3. The predicted molar refractivity (Wildman–Crippen MR) is 102 cm³/mol. The first-order chi connectivity index (χ1) is 11.6. The summed E-state index contributed by atoms with van der Waals surface area (Å²) >= 11 is 0. The van der Waals surface area contributed by atoms with Gasteiger partial charge in [0.2, 0.25) is 11.8 Å². The van der Waals surface area contributed by atoms with Crippen LogP contribution in [-0.2, 0) is 9.59 Å². The van der Waals surface area contributed by atoms with Gasteiger partial charge in [-0.25, -0.2) is 0 Å². The summed E-state index contributed by atoms with van der Waals surface area (Å²) in [6, 6.07) is 0.582. The molecule has 1 atom stereocenters. The van der Waals surface area contributed by atoms with Gasteiger partial charge in [-0.05, 0) is 51.4 Å². The molecule has 5 nitrogen and oxygen atoms in total. The minimum absolute atomic E-state index is 0. The molecular weight excluding hydrogens is 338 g/mol. The molecule has 2 amide bonds. The molecule has 144 valence electrons. The lowest BCUT2D eigenvalue weighted by molar-refractivity contribution is -0.139. The average Bonchev–Trinajstić information content (AvgIpc) is 3.08. The van der Waals surface area contributed by atoms with Crippen molar-refractivity contribution in [1.82, 2.24) is 15.5 Å². The summed E-state index contributed by atoms with van der Waals surface area (Å²) in [7, 11) is 0. The number of carbonyl (C=O) groups excluding carboxylic acids is 2. The van der Waals surface area contributed by atoms with Gasteiger partial charge in [-0.2, -0.15) is 0 Å². The third-order valence-electron chi connectivity index (χ3n) is 6.17. The van der Waals surface area contributed by atoms with Crippen molar-refractivity contribution >= 4 is 24.2 Å². The monoisotopic (exact) mass is 371 g/mol. The summed E-state index contributed by atoms with van der Waals surface area (Å²) in [5, 5.41) is 6.56. The zero-order valence-electron chi connectivity index (χ0n) is 15.5. The highest BCUT2D eigenvalue weighted by Gasteiger charge is 2.32. The Kier molecular flexibility index (Phi) is 8.01. The summed E-state index contributed by atoms with van der Waals surface area (Å²) in [4.78, 5) is 27.0. The van der Waals surface area contributed by atoms with E-state index in [2.05, 4.69) is 22.5 Å². The molecular formula is C19H34ClN3O2. The van der Waals surface area contributed by atoms with Crippen LogP contribution in [0.1, 0.15) is 64.7 Å². The van der Waals surface area contributed by atoms with Gasteiger partial charge in [-0.15, -0.1) is 12.4 Å². The quantitative estimate of drug-likeness (QED) is 0.798. The van der Waals surface area contributed by atoms with Crippen molar-refractivity contribution in [3.05, 3.63) is 0 Å². The van der Waals surface area contributed by atoms with Gasteiger partial charge in [0.25, 0.3) is 0 Å². The molecule has 1 aliphatic heterocycles. The Morgan fingerprint density at radius 3 is 2.40 bits per heavy atom. The van der Waals surface area contributed by atoms with Gasteiger partial charge in [0.05, 0.1) is 0 Å². The Balaban J connectivity index is 0.00000225. The van der Waals surface area contributed by atoms with Gasteiger partial charge in [0, 0.05) is 44.1 Å². The van der Waals surface area contributed by atoms with Gasteiger partial charge in [-0.3, -0.25) is 9.59 Å². The van der Waals surface area contributed by atoms with Crippen molar-refractivity contribution in [3.63, 3.8) is 0 Å². The molecule has 1 saturated heterocycles. The molecule has 25 heavy (non-hydrogen) atoms. The van der Waals surface area contributed by atoms with Crippen LogP contribution in [0.25, 0.3) is 0 Å². The van der Waals surface area contributed by atoms with Crippen LogP contribution < -0.4 is 10.6 Å². The third-order valence-corrected chi connectivity index (χ3v) is 6.17. The summed E-state index contributed by atoms with van der Waals surface area (Å²) in [6.45, 7) is 4.76. The van der Waals surface area contributed by atoms with E-state index in [1.807, 2.05) is 0 Å². The van der Waals surface area contributed by atoms with Gasteiger partial charge in [0.1, 0.15) is 0 Å². The number of carbonyl (C=O) groups is 2. The van der Waals surface area contributed by atoms with Gasteiger partial charge < -0.3 is 15.5 Å². The maximum Gasteiger partial charge on any atom is 0.226 e. The summed E-state index contributed by atoms with van der Waals surface area (Å²) < 4.78 is 0. The van der Waals surface area contributed by atoms with Crippen molar-refractivity contribution in [2.45, 2.75) is 76.8 Å². The Labute approximate surface area is 158 Å². The Bertz CT molecular complexity index is 446. The molecule has 2 aliphatic carbocycles. The largest absolute Gasteiger partial charge is 0.353 e. The Hall–Kier alpha value is -0.810. The van der Waals surface area contributed by atoms with Crippen LogP contribution in [0.4, 0.5) is 0 Å². The van der Waals surface area contributed by atoms with Crippen molar-refractivity contribution in [2.24, 2.45) is 11.8 Å². The van der Waals surface area contributed by atoms with Crippen LogP contribution in [-0.4, -0.2) is 48.4 Å². The first kappa shape index (κ1) is 20.5. The fourth-order valence-electron chi connectivity index (χ4n) is 4.65. The van der Waals surface area contributed by atoms with Crippen LogP contribution in [0.3, 0.4) is 0 Å². The van der Waals surface area contributed by atoms with Crippen molar-refractivity contribution in [1.29, 1.82) is 0 Å². The second-order valence-corrected chi connectivity index (χ2v) is 8.06. The maximum atomic E-state index is 12.7. The third kappa shape index (κ3) is 5.58. The minimum Gasteiger partial charge on any atom is -0.353 e. The van der Waals surface area contributed by atoms with E-state index in [0.29, 0.717) is 24.3 Å². The molecule has 2 saturated carbocycles. The first-order valence-electron chi connectivity index (χ1n) is 9.94. The zero-order valence-corrected chi connectivity index (χ0v) is 16.3. The van der Waals surface area contributed by atoms with E-state index in [1.165, 1.54) is 25.7 Å². The normalized spacial score (nSPS) is 30.6. The second kappa shape index (κ2) is 9.77. The number of nitrogens with zero attached hydrogens (tertiary/aromatic N) is 1. The van der Waals surface area contributed by atoms with E-state index in [-0.39, 0.29) is 30.3 Å². The average molecular weight is 372 g/mol. The lowest BCUT2D eigenvalue weighted by Gasteiger charge is -2.38. The molecule has 0 aromatic heterocycles. The maximum absolute atomic E-state index is 12.7. The van der Waals surface area contributed by atoms with Gasteiger partial charge in [-0.1, -0.05) is 12.8 Å². The fourth-order valence-corrected chi connectivity index (χ4v) is 4.65. The molecule has 2 N–H and O–H groups in total. The highest BCUT2D eigenvalue weighted by atomic mass is 35.5. The summed E-state index contributed by atoms with van der Waals surface area (Å²) in [5.74, 6) is 1.33. The van der Waals surface area contributed by atoms with Gasteiger partial charge in [0.15, 0.2) is 0 Å². The van der Waals surface area contributed by atoms with Crippen LogP contribution in [0.5, 0.6) is 0 Å². The molecule has 3 fully saturated rings.